The van der Waals surface area contributed by atoms with E-state index < -0.39 is 0 Å². The Kier molecular flexibility index (Phi) is 1.38. The quantitative estimate of drug-likeness (QED) is 0.595. The van der Waals surface area contributed by atoms with Gasteiger partial charge in [-0.05, 0) is 17.2 Å². The van der Waals surface area contributed by atoms with Gasteiger partial charge in [0.2, 0.25) is 0 Å². The first-order valence-electron chi connectivity index (χ1n) is 3.17. The van der Waals surface area contributed by atoms with Crippen molar-refractivity contribution in [2.24, 2.45) is 0 Å². The minimum Gasteiger partial charge on any atom is -0.0619 e. The van der Waals surface area contributed by atoms with Crippen molar-refractivity contribution in [3.63, 3.8) is 0 Å². The molecule has 1 aliphatic rings. The number of hydrogen-bond acceptors (Lipinski definition) is 0. The van der Waals surface area contributed by atoms with Crippen LogP contribution >= 0.6 is 15.9 Å². The maximum Gasteiger partial charge on any atom is 0.0276 e. The molecular weight excluding hydrogens is 188 g/mol. The van der Waals surface area contributed by atoms with Crippen molar-refractivity contribution in [1.29, 1.82) is 0 Å². The van der Waals surface area contributed by atoms with Crippen LogP contribution in [0.2, 0.25) is 0 Å². The zero-order valence-electron chi connectivity index (χ0n) is 5.34. The summed E-state index contributed by atoms with van der Waals surface area (Å²) in [5, 5.41) is 0. The van der Waals surface area contributed by atoms with E-state index in [1.54, 1.807) is 0 Å². The third-order valence-corrected chi connectivity index (χ3v) is 2.04. The lowest BCUT2D eigenvalue weighted by atomic mass is 10.1. The van der Waals surface area contributed by atoms with Crippen LogP contribution in [0.4, 0.5) is 0 Å². The maximum absolute atomic E-state index is 3.42. The molecule has 10 heavy (non-hydrogen) atoms. The summed E-state index contributed by atoms with van der Waals surface area (Å²) in [6.45, 7) is 0. The first-order chi connectivity index (χ1) is 4.86. The summed E-state index contributed by atoms with van der Waals surface area (Å²) in [7, 11) is 0. The summed E-state index contributed by atoms with van der Waals surface area (Å²) in [5.74, 6) is 0. The Hall–Kier alpha value is -0.560. The molecule has 0 saturated carbocycles. The molecule has 49 valence electrons. The number of benzene rings is 1. The molecule has 0 saturated heterocycles. The summed E-state index contributed by atoms with van der Waals surface area (Å²) < 4.78 is 1.16. The van der Waals surface area contributed by atoms with Gasteiger partial charge in [-0.25, -0.2) is 0 Å². The molecule has 1 aliphatic carbocycles. The smallest absolute Gasteiger partial charge is 0.0276 e. The van der Waals surface area contributed by atoms with Crippen molar-refractivity contribution in [2.45, 2.75) is 0 Å². The van der Waals surface area contributed by atoms with Crippen LogP contribution in [0.1, 0.15) is 11.1 Å². The molecule has 0 fully saturated rings. The van der Waals surface area contributed by atoms with E-state index in [4.69, 9.17) is 0 Å². The minimum absolute atomic E-state index is 1.16. The van der Waals surface area contributed by atoms with Gasteiger partial charge in [-0.3, -0.25) is 0 Å². The second-order valence-electron chi connectivity index (χ2n) is 2.30. The summed E-state index contributed by atoms with van der Waals surface area (Å²) >= 11 is 3.42. The molecule has 2 rings (SSSR count). The van der Waals surface area contributed by atoms with Gasteiger partial charge in [0.15, 0.2) is 0 Å². The summed E-state index contributed by atoms with van der Waals surface area (Å²) in [5.41, 5.74) is 2.60. The average molecular weight is 194 g/mol. The maximum atomic E-state index is 3.42. The summed E-state index contributed by atoms with van der Waals surface area (Å²) in [4.78, 5) is 0. The number of fused-ring (bicyclic) bond motifs is 1. The van der Waals surface area contributed by atoms with E-state index in [0.717, 1.165) is 4.48 Å². The molecule has 1 radical (unpaired) electrons. The third kappa shape index (κ3) is 0.907. The van der Waals surface area contributed by atoms with Gasteiger partial charge in [0, 0.05) is 10.9 Å². The molecule has 0 bridgehead atoms. The van der Waals surface area contributed by atoms with Gasteiger partial charge in [-0.1, -0.05) is 40.2 Å². The molecule has 0 amide bonds. The molecule has 0 heterocycles. The predicted molar refractivity (Wildman–Crippen MR) is 46.7 cm³/mol. The van der Waals surface area contributed by atoms with E-state index in [2.05, 4.69) is 52.7 Å². The first kappa shape index (κ1) is 6.17. The van der Waals surface area contributed by atoms with Gasteiger partial charge in [0.05, 0.1) is 0 Å². The lowest BCUT2D eigenvalue weighted by Gasteiger charge is -1.93. The Morgan fingerprint density at radius 1 is 1.00 bits per heavy atom. The van der Waals surface area contributed by atoms with Crippen LogP contribution in [-0.4, -0.2) is 0 Å². The highest BCUT2D eigenvalue weighted by atomic mass is 79.9. The fourth-order valence-corrected chi connectivity index (χ4v) is 1.61. The second kappa shape index (κ2) is 2.24. The molecule has 1 heteroatoms. The normalized spacial score (nSPS) is 14.7. The molecule has 0 atom stereocenters. The monoisotopic (exact) mass is 193 g/mol. The third-order valence-electron chi connectivity index (χ3n) is 1.58. The summed E-state index contributed by atoms with van der Waals surface area (Å²) in [6.07, 6.45) is 4.24. The summed E-state index contributed by atoms with van der Waals surface area (Å²) in [6, 6.07) is 8.32. The van der Waals surface area contributed by atoms with Gasteiger partial charge >= 0.3 is 0 Å². The highest BCUT2D eigenvalue weighted by Crippen LogP contribution is 2.29. The van der Waals surface area contributed by atoms with Crippen molar-refractivity contribution in [1.82, 2.24) is 0 Å². The number of halogens is 1. The molecular formula is C9H6Br. The molecule has 0 spiro atoms. The zero-order valence-corrected chi connectivity index (χ0v) is 6.93. The number of allylic oxidation sites excluding steroid dienone is 1. The van der Waals surface area contributed by atoms with Crippen LogP contribution in [-0.2, 0) is 0 Å². The van der Waals surface area contributed by atoms with Crippen LogP contribution in [0.15, 0.2) is 28.7 Å². The Morgan fingerprint density at radius 2 is 1.70 bits per heavy atom. The van der Waals surface area contributed by atoms with Crippen molar-refractivity contribution in [3.8, 4) is 0 Å². The van der Waals surface area contributed by atoms with E-state index in [-0.39, 0.29) is 0 Å². The van der Waals surface area contributed by atoms with E-state index >= 15 is 0 Å². The van der Waals surface area contributed by atoms with E-state index in [1.807, 2.05) is 0 Å². The Balaban J connectivity index is 2.54. The minimum atomic E-state index is 1.16. The molecule has 0 aliphatic heterocycles. The number of rotatable bonds is 0. The van der Waals surface area contributed by atoms with Crippen LogP contribution in [0, 0.1) is 6.42 Å². The molecule has 0 aromatic heterocycles. The van der Waals surface area contributed by atoms with Crippen LogP contribution < -0.4 is 0 Å². The Morgan fingerprint density at radius 3 is 2.40 bits per heavy atom. The highest BCUT2D eigenvalue weighted by molar-refractivity contribution is 9.12. The molecule has 1 aromatic carbocycles. The van der Waals surface area contributed by atoms with Crippen molar-refractivity contribution in [3.05, 3.63) is 46.3 Å². The lowest BCUT2D eigenvalue weighted by molar-refractivity contribution is 1.54. The van der Waals surface area contributed by atoms with Gasteiger partial charge in [-0.2, -0.15) is 0 Å². The largest absolute Gasteiger partial charge is 0.0619 e. The molecule has 0 N–H and O–H groups in total. The van der Waals surface area contributed by atoms with Crippen molar-refractivity contribution >= 4 is 22.0 Å². The zero-order chi connectivity index (χ0) is 6.97. The highest BCUT2D eigenvalue weighted by Gasteiger charge is 2.08. The first-order valence-corrected chi connectivity index (χ1v) is 3.96. The van der Waals surface area contributed by atoms with Crippen LogP contribution in [0.25, 0.3) is 6.08 Å². The molecule has 0 nitrogen and oxygen atoms in total. The van der Waals surface area contributed by atoms with Crippen LogP contribution in [0.3, 0.4) is 0 Å². The second-order valence-corrected chi connectivity index (χ2v) is 3.22. The SMILES string of the molecule is BrC1=Cc2ccccc2[CH]1. The van der Waals surface area contributed by atoms with Gasteiger partial charge in [0.25, 0.3) is 0 Å². The fraction of sp³-hybridized carbons (Fsp3) is 0. The Labute approximate surface area is 68.7 Å². The van der Waals surface area contributed by atoms with Gasteiger partial charge in [-0.15, -0.1) is 0 Å². The lowest BCUT2D eigenvalue weighted by Crippen LogP contribution is -1.75. The van der Waals surface area contributed by atoms with E-state index in [1.165, 1.54) is 11.1 Å². The van der Waals surface area contributed by atoms with Gasteiger partial charge < -0.3 is 0 Å². The van der Waals surface area contributed by atoms with E-state index in [0.29, 0.717) is 0 Å². The van der Waals surface area contributed by atoms with Crippen molar-refractivity contribution < 1.29 is 0 Å². The van der Waals surface area contributed by atoms with Gasteiger partial charge in [0.1, 0.15) is 0 Å². The standard InChI is InChI=1S/C9H6Br/c10-9-5-7-3-1-2-4-8(7)6-9/h1-6H. The van der Waals surface area contributed by atoms with E-state index in [9.17, 15) is 0 Å². The predicted octanol–water partition coefficient (Wildman–Crippen LogP) is 2.99. The number of hydrogen-bond donors (Lipinski definition) is 0. The Bertz CT molecular complexity index is 287. The van der Waals surface area contributed by atoms with Crippen LogP contribution in [0.5, 0.6) is 0 Å². The fourth-order valence-electron chi connectivity index (χ4n) is 1.11. The average Bonchev–Trinajstić information content (AvgIpc) is 2.27. The molecule has 0 unspecified atom stereocenters. The van der Waals surface area contributed by atoms with Crippen molar-refractivity contribution in [2.75, 3.05) is 0 Å². The molecule has 1 aromatic rings. The topological polar surface area (TPSA) is 0 Å².